The smallest absolute Gasteiger partial charge is 0.273 e. The van der Waals surface area contributed by atoms with Gasteiger partial charge in [0.2, 0.25) is 0 Å². The van der Waals surface area contributed by atoms with Crippen LogP contribution >= 0.6 is 0 Å². The number of rotatable bonds is 9. The van der Waals surface area contributed by atoms with E-state index in [0.717, 1.165) is 11.6 Å². The van der Waals surface area contributed by atoms with Gasteiger partial charge in [0.1, 0.15) is 28.8 Å². The molecule has 152 valence electrons. The number of nitrogens with zero attached hydrogens (tertiary/aromatic N) is 1. The van der Waals surface area contributed by atoms with Crippen LogP contribution in [0.15, 0.2) is 72.8 Å². The van der Waals surface area contributed by atoms with Crippen molar-refractivity contribution in [3.05, 3.63) is 94.0 Å². The molecule has 30 heavy (non-hydrogen) atoms. The Morgan fingerprint density at radius 2 is 1.50 bits per heavy atom. The van der Waals surface area contributed by atoms with Crippen LogP contribution in [-0.4, -0.2) is 21.6 Å². The van der Waals surface area contributed by atoms with Crippen LogP contribution in [0.25, 0.3) is 0 Å². The summed E-state index contributed by atoms with van der Waals surface area (Å²) < 4.78 is 5.70. The summed E-state index contributed by atoms with van der Waals surface area (Å²) in [5.41, 5.74) is 0.742. The van der Waals surface area contributed by atoms with Gasteiger partial charge < -0.3 is 9.84 Å². The number of ether oxygens (including phenoxy) is 1. The van der Waals surface area contributed by atoms with Crippen molar-refractivity contribution >= 4 is 17.3 Å². The number of Topliss-reactive ketones (excluding diaryl/α,β-unsaturated/α-hetero) is 2. The summed E-state index contributed by atoms with van der Waals surface area (Å²) in [4.78, 5) is 34.4. The summed E-state index contributed by atoms with van der Waals surface area (Å²) in [6.45, 7) is 0. The number of nitro benzene ring substituents is 1. The molecule has 1 N–H and O–H groups in total. The van der Waals surface area contributed by atoms with E-state index in [2.05, 4.69) is 0 Å². The largest absolute Gasteiger partial charge is 0.507 e. The van der Waals surface area contributed by atoms with Crippen LogP contribution in [0.1, 0.15) is 17.5 Å². The average molecular weight is 405 g/mol. The van der Waals surface area contributed by atoms with Crippen LogP contribution in [0.4, 0.5) is 5.69 Å². The van der Waals surface area contributed by atoms with Crippen LogP contribution < -0.4 is 4.74 Å². The Kier molecular flexibility index (Phi) is 6.54. The van der Waals surface area contributed by atoms with Crippen LogP contribution in [0.5, 0.6) is 17.2 Å². The number of ketones is 2. The SMILES string of the molecule is O=C(CC(=O)Cc1ccc([N+](=O)[O-])cc1O)Cc1ccc(Oc2ccccc2)cc1. The van der Waals surface area contributed by atoms with Crippen LogP contribution in [-0.2, 0) is 22.4 Å². The predicted octanol–water partition coefficient (Wildman–Crippen LogP) is 4.41. The Morgan fingerprint density at radius 1 is 0.867 bits per heavy atom. The number of hydrogen-bond donors (Lipinski definition) is 1. The maximum atomic E-state index is 12.2. The van der Waals surface area contributed by atoms with Crippen LogP contribution in [0.3, 0.4) is 0 Å². The Morgan fingerprint density at radius 3 is 2.13 bits per heavy atom. The van der Waals surface area contributed by atoms with Gasteiger partial charge in [0.15, 0.2) is 0 Å². The molecule has 0 heterocycles. The molecule has 0 aliphatic carbocycles. The zero-order valence-corrected chi connectivity index (χ0v) is 16.0. The Bertz CT molecular complexity index is 1060. The highest BCUT2D eigenvalue weighted by atomic mass is 16.6. The average Bonchev–Trinajstić information content (AvgIpc) is 2.71. The second-order valence-electron chi connectivity index (χ2n) is 6.74. The van der Waals surface area contributed by atoms with Gasteiger partial charge >= 0.3 is 0 Å². The molecule has 3 rings (SSSR count). The molecule has 0 aliphatic rings. The molecule has 7 nitrogen and oxygen atoms in total. The topological polar surface area (TPSA) is 107 Å². The lowest BCUT2D eigenvalue weighted by Crippen LogP contribution is -2.12. The molecule has 7 heteroatoms. The summed E-state index contributed by atoms with van der Waals surface area (Å²) in [5, 5.41) is 20.5. The number of hydrogen-bond acceptors (Lipinski definition) is 6. The minimum absolute atomic E-state index is 0.101. The summed E-state index contributed by atoms with van der Waals surface area (Å²) in [7, 11) is 0. The quantitative estimate of drug-likeness (QED) is 0.321. The molecule has 0 aliphatic heterocycles. The first-order valence-electron chi connectivity index (χ1n) is 9.22. The molecule has 0 saturated heterocycles. The Labute approximate surface area is 172 Å². The molecule has 0 saturated carbocycles. The van der Waals surface area contributed by atoms with E-state index < -0.39 is 4.92 Å². The van der Waals surface area contributed by atoms with Crippen molar-refractivity contribution in [2.24, 2.45) is 0 Å². The van der Waals surface area contributed by atoms with E-state index >= 15 is 0 Å². The first-order valence-corrected chi connectivity index (χ1v) is 9.22. The Balaban J connectivity index is 1.52. The van der Waals surface area contributed by atoms with Gasteiger partial charge in [-0.1, -0.05) is 30.3 Å². The molecule has 3 aromatic carbocycles. The number of non-ortho nitro benzene ring substituents is 1. The minimum atomic E-state index is -0.634. The van der Waals surface area contributed by atoms with E-state index in [9.17, 15) is 24.8 Å². The van der Waals surface area contributed by atoms with E-state index in [1.54, 1.807) is 24.3 Å². The molecule has 0 aromatic heterocycles. The fourth-order valence-corrected chi connectivity index (χ4v) is 2.90. The van der Waals surface area contributed by atoms with E-state index in [-0.39, 0.29) is 47.8 Å². The summed E-state index contributed by atoms with van der Waals surface area (Å²) >= 11 is 0. The lowest BCUT2D eigenvalue weighted by Gasteiger charge is -2.07. The molecular formula is C23H19NO6. The molecule has 0 fully saturated rings. The molecule has 0 atom stereocenters. The highest BCUT2D eigenvalue weighted by Gasteiger charge is 2.15. The van der Waals surface area contributed by atoms with Gasteiger partial charge in [-0.3, -0.25) is 19.7 Å². The van der Waals surface area contributed by atoms with E-state index in [0.29, 0.717) is 11.5 Å². The zero-order chi connectivity index (χ0) is 21.5. The third kappa shape index (κ3) is 5.75. The lowest BCUT2D eigenvalue weighted by molar-refractivity contribution is -0.384. The van der Waals surface area contributed by atoms with E-state index in [1.807, 2.05) is 30.3 Å². The van der Waals surface area contributed by atoms with Gasteiger partial charge in [-0.05, 0) is 35.9 Å². The van der Waals surface area contributed by atoms with Crippen molar-refractivity contribution in [3.8, 4) is 17.2 Å². The van der Waals surface area contributed by atoms with E-state index in [4.69, 9.17) is 4.74 Å². The fourth-order valence-electron chi connectivity index (χ4n) is 2.90. The number of phenolic OH excluding ortho intramolecular Hbond substituents is 1. The summed E-state index contributed by atoms with van der Waals surface area (Å²) in [6.07, 6.45) is -0.346. The highest BCUT2D eigenvalue weighted by molar-refractivity contribution is 6.00. The van der Waals surface area contributed by atoms with Gasteiger partial charge in [-0.2, -0.15) is 0 Å². The molecule has 0 bridgehead atoms. The fraction of sp³-hybridized carbons (Fsp3) is 0.130. The van der Waals surface area contributed by atoms with Crippen molar-refractivity contribution in [3.63, 3.8) is 0 Å². The van der Waals surface area contributed by atoms with Crippen molar-refractivity contribution in [1.82, 2.24) is 0 Å². The zero-order valence-electron chi connectivity index (χ0n) is 16.0. The molecule has 0 unspecified atom stereocenters. The molecular weight excluding hydrogens is 386 g/mol. The molecule has 3 aromatic rings. The second-order valence-corrected chi connectivity index (χ2v) is 6.74. The summed E-state index contributed by atoms with van der Waals surface area (Å²) in [6, 6.07) is 19.9. The third-order valence-corrected chi connectivity index (χ3v) is 4.37. The number of phenols is 1. The van der Waals surface area contributed by atoms with Crippen molar-refractivity contribution < 1.29 is 24.4 Å². The van der Waals surface area contributed by atoms with Gasteiger partial charge in [0.25, 0.3) is 5.69 Å². The maximum Gasteiger partial charge on any atom is 0.273 e. The van der Waals surface area contributed by atoms with Gasteiger partial charge in [0.05, 0.1) is 17.4 Å². The molecule has 0 amide bonds. The number of aromatic hydroxyl groups is 1. The summed E-state index contributed by atoms with van der Waals surface area (Å²) in [5.74, 6) is 0.397. The normalized spacial score (nSPS) is 10.4. The first-order chi connectivity index (χ1) is 14.4. The molecule has 0 radical (unpaired) electrons. The van der Waals surface area contributed by atoms with Gasteiger partial charge in [0, 0.05) is 24.5 Å². The van der Waals surface area contributed by atoms with Gasteiger partial charge in [-0.25, -0.2) is 0 Å². The highest BCUT2D eigenvalue weighted by Crippen LogP contribution is 2.24. The van der Waals surface area contributed by atoms with Crippen LogP contribution in [0, 0.1) is 10.1 Å². The monoisotopic (exact) mass is 405 g/mol. The number of carbonyl (C=O) groups excluding carboxylic acids is 2. The van der Waals surface area contributed by atoms with E-state index in [1.165, 1.54) is 12.1 Å². The third-order valence-electron chi connectivity index (χ3n) is 4.37. The maximum absolute atomic E-state index is 12.2. The van der Waals surface area contributed by atoms with Crippen molar-refractivity contribution in [2.45, 2.75) is 19.3 Å². The number of benzene rings is 3. The predicted molar refractivity (Wildman–Crippen MR) is 110 cm³/mol. The molecule has 0 spiro atoms. The lowest BCUT2D eigenvalue weighted by atomic mass is 10.0. The van der Waals surface area contributed by atoms with Crippen molar-refractivity contribution in [2.75, 3.05) is 0 Å². The number of para-hydroxylation sites is 1. The first kappa shape index (κ1) is 20.7. The van der Waals surface area contributed by atoms with Crippen molar-refractivity contribution in [1.29, 1.82) is 0 Å². The van der Waals surface area contributed by atoms with Crippen LogP contribution in [0.2, 0.25) is 0 Å². The number of carbonyl (C=O) groups is 2. The minimum Gasteiger partial charge on any atom is -0.507 e. The Hall–Kier alpha value is -4.00. The standard InChI is InChI=1S/C23H19NO6/c25-19(15-20(26)13-17-8-9-18(24(28)29)14-23(17)27)12-16-6-10-22(11-7-16)30-21-4-2-1-3-5-21/h1-11,14,27H,12-13,15H2. The number of nitro groups is 1. The second kappa shape index (κ2) is 9.47. The van der Waals surface area contributed by atoms with Gasteiger partial charge in [-0.15, -0.1) is 0 Å².